The maximum absolute atomic E-state index is 6.08. The Labute approximate surface area is 130 Å². The Morgan fingerprint density at radius 3 is 2.10 bits per heavy atom. The molecular weight excluding hydrogens is 311 g/mol. The summed E-state index contributed by atoms with van der Waals surface area (Å²) in [6.45, 7) is 0. The molecule has 0 unspecified atom stereocenters. The molecule has 0 saturated heterocycles. The molecule has 20 heavy (non-hydrogen) atoms. The smallest absolute Gasteiger partial charge is 0.184 e. The summed E-state index contributed by atoms with van der Waals surface area (Å²) in [7, 11) is 0. The third-order valence-electron chi connectivity index (χ3n) is 2.89. The molecular formula is C15H10Cl2N2S. The number of aromatic nitrogens is 1. The summed E-state index contributed by atoms with van der Waals surface area (Å²) < 4.78 is 0.516. The van der Waals surface area contributed by atoms with Crippen LogP contribution in [0.4, 0.5) is 5.69 Å². The zero-order valence-corrected chi connectivity index (χ0v) is 12.6. The van der Waals surface area contributed by atoms with Gasteiger partial charge in [0.25, 0.3) is 0 Å². The fraction of sp³-hybridized carbons (Fsp3) is 0. The molecule has 0 bridgehead atoms. The lowest BCUT2D eigenvalue weighted by Crippen LogP contribution is -1.85. The SMILES string of the molecule is Nc1ccc(-c2sc(Cl)nc2-c2ccc(Cl)cc2)cc1. The van der Waals surface area contributed by atoms with E-state index in [-0.39, 0.29) is 0 Å². The second-order valence-corrected chi connectivity index (χ2v) is 6.29. The summed E-state index contributed by atoms with van der Waals surface area (Å²) in [5, 5.41) is 0.698. The summed E-state index contributed by atoms with van der Waals surface area (Å²) in [5.41, 5.74) is 9.36. The molecule has 0 aliphatic carbocycles. The summed E-state index contributed by atoms with van der Waals surface area (Å²) in [5.74, 6) is 0. The number of nitrogens with zero attached hydrogens (tertiary/aromatic N) is 1. The highest BCUT2D eigenvalue weighted by molar-refractivity contribution is 7.19. The molecule has 0 amide bonds. The van der Waals surface area contributed by atoms with Gasteiger partial charge in [-0.3, -0.25) is 0 Å². The number of nitrogen functional groups attached to an aromatic ring is 1. The highest BCUT2D eigenvalue weighted by Gasteiger charge is 2.13. The lowest BCUT2D eigenvalue weighted by molar-refractivity contribution is 1.41. The van der Waals surface area contributed by atoms with Crippen LogP contribution < -0.4 is 5.73 Å². The Morgan fingerprint density at radius 1 is 0.850 bits per heavy atom. The highest BCUT2D eigenvalue weighted by Crippen LogP contribution is 2.39. The van der Waals surface area contributed by atoms with Crippen molar-refractivity contribution in [3.8, 4) is 21.7 Å². The normalized spacial score (nSPS) is 10.7. The number of anilines is 1. The quantitative estimate of drug-likeness (QED) is 0.645. The molecule has 2 N–H and O–H groups in total. The van der Waals surface area contributed by atoms with Gasteiger partial charge in [-0.05, 0) is 29.8 Å². The van der Waals surface area contributed by atoms with E-state index in [1.54, 1.807) is 0 Å². The highest BCUT2D eigenvalue weighted by atomic mass is 35.5. The Kier molecular flexibility index (Phi) is 3.66. The number of benzene rings is 2. The van der Waals surface area contributed by atoms with Crippen molar-refractivity contribution in [2.45, 2.75) is 0 Å². The van der Waals surface area contributed by atoms with E-state index >= 15 is 0 Å². The molecule has 0 aliphatic heterocycles. The predicted octanol–water partition coefficient (Wildman–Crippen LogP) is 5.37. The van der Waals surface area contributed by atoms with Crippen LogP contribution in [0.1, 0.15) is 0 Å². The van der Waals surface area contributed by atoms with Crippen molar-refractivity contribution in [1.82, 2.24) is 4.98 Å². The van der Waals surface area contributed by atoms with E-state index < -0.39 is 0 Å². The molecule has 100 valence electrons. The molecule has 0 radical (unpaired) electrons. The topological polar surface area (TPSA) is 38.9 Å². The van der Waals surface area contributed by atoms with E-state index in [1.165, 1.54) is 11.3 Å². The maximum atomic E-state index is 6.08. The van der Waals surface area contributed by atoms with Gasteiger partial charge < -0.3 is 5.73 Å². The standard InChI is InChI=1S/C15H10Cl2N2S/c16-11-5-1-9(2-6-11)13-14(20-15(17)19-13)10-3-7-12(18)8-4-10/h1-8H,18H2. The van der Waals surface area contributed by atoms with Crippen LogP contribution in [-0.4, -0.2) is 4.98 Å². The maximum Gasteiger partial charge on any atom is 0.184 e. The van der Waals surface area contributed by atoms with Crippen LogP contribution in [0, 0.1) is 0 Å². The second kappa shape index (κ2) is 5.44. The summed E-state index contributed by atoms with van der Waals surface area (Å²) in [4.78, 5) is 5.44. The van der Waals surface area contributed by atoms with Crippen LogP contribution in [0.15, 0.2) is 48.5 Å². The molecule has 0 atom stereocenters. The number of rotatable bonds is 2. The number of halogens is 2. The summed E-state index contributed by atoms with van der Waals surface area (Å²) in [6, 6.07) is 15.2. The number of thiazole rings is 1. The van der Waals surface area contributed by atoms with Crippen molar-refractivity contribution in [2.24, 2.45) is 0 Å². The van der Waals surface area contributed by atoms with Crippen molar-refractivity contribution in [1.29, 1.82) is 0 Å². The van der Waals surface area contributed by atoms with E-state index in [4.69, 9.17) is 28.9 Å². The van der Waals surface area contributed by atoms with Gasteiger partial charge in [0, 0.05) is 16.3 Å². The van der Waals surface area contributed by atoms with Crippen LogP contribution >= 0.6 is 34.5 Å². The molecule has 3 rings (SSSR count). The van der Waals surface area contributed by atoms with Gasteiger partial charge in [-0.25, -0.2) is 4.98 Å². The Bertz CT molecular complexity index is 671. The molecule has 2 nitrogen and oxygen atoms in total. The fourth-order valence-corrected chi connectivity index (χ4v) is 3.19. The number of nitrogens with two attached hydrogens (primary N) is 1. The lowest BCUT2D eigenvalue weighted by Gasteiger charge is -2.03. The van der Waals surface area contributed by atoms with Gasteiger partial charge in [0.05, 0.1) is 10.6 Å². The third kappa shape index (κ3) is 2.66. The third-order valence-corrected chi connectivity index (χ3v) is 4.35. The Balaban J connectivity index is 2.12. The minimum atomic E-state index is 0.516. The van der Waals surface area contributed by atoms with Gasteiger partial charge in [0.1, 0.15) is 0 Å². The summed E-state index contributed by atoms with van der Waals surface area (Å²) >= 11 is 13.5. The molecule has 0 fully saturated rings. The van der Waals surface area contributed by atoms with E-state index in [1.807, 2.05) is 48.5 Å². The molecule has 5 heteroatoms. The van der Waals surface area contributed by atoms with Crippen molar-refractivity contribution < 1.29 is 0 Å². The first-order chi connectivity index (χ1) is 9.63. The van der Waals surface area contributed by atoms with E-state index in [0.29, 0.717) is 9.49 Å². The monoisotopic (exact) mass is 320 g/mol. The van der Waals surface area contributed by atoms with Crippen LogP contribution in [-0.2, 0) is 0 Å². The lowest BCUT2D eigenvalue weighted by atomic mass is 10.1. The number of hydrogen-bond acceptors (Lipinski definition) is 3. The zero-order chi connectivity index (χ0) is 14.1. The fourth-order valence-electron chi connectivity index (χ4n) is 1.93. The molecule has 0 aliphatic rings. The minimum Gasteiger partial charge on any atom is -0.399 e. The van der Waals surface area contributed by atoms with Gasteiger partial charge in [-0.15, -0.1) is 11.3 Å². The number of hydrogen-bond donors (Lipinski definition) is 1. The first kappa shape index (κ1) is 13.4. The first-order valence-electron chi connectivity index (χ1n) is 5.91. The largest absolute Gasteiger partial charge is 0.399 e. The predicted molar refractivity (Wildman–Crippen MR) is 87.4 cm³/mol. The van der Waals surface area contributed by atoms with Crippen molar-refractivity contribution in [3.63, 3.8) is 0 Å². The Morgan fingerprint density at radius 2 is 1.45 bits per heavy atom. The van der Waals surface area contributed by atoms with Crippen LogP contribution in [0.25, 0.3) is 21.7 Å². The minimum absolute atomic E-state index is 0.516. The molecule has 1 heterocycles. The first-order valence-corrected chi connectivity index (χ1v) is 7.49. The summed E-state index contributed by atoms with van der Waals surface area (Å²) in [6.07, 6.45) is 0. The van der Waals surface area contributed by atoms with Crippen LogP contribution in [0.3, 0.4) is 0 Å². The van der Waals surface area contributed by atoms with E-state index in [0.717, 1.165) is 27.4 Å². The molecule has 1 aromatic heterocycles. The molecule has 0 spiro atoms. The second-order valence-electron chi connectivity index (χ2n) is 4.27. The van der Waals surface area contributed by atoms with E-state index in [2.05, 4.69) is 4.98 Å². The van der Waals surface area contributed by atoms with E-state index in [9.17, 15) is 0 Å². The molecule has 0 saturated carbocycles. The van der Waals surface area contributed by atoms with Crippen LogP contribution in [0.2, 0.25) is 9.49 Å². The Hall–Kier alpha value is -1.55. The zero-order valence-electron chi connectivity index (χ0n) is 10.3. The van der Waals surface area contributed by atoms with Gasteiger partial charge in [0.2, 0.25) is 0 Å². The van der Waals surface area contributed by atoms with Crippen LogP contribution in [0.5, 0.6) is 0 Å². The van der Waals surface area contributed by atoms with Crippen molar-refractivity contribution in [3.05, 3.63) is 58.0 Å². The molecule has 2 aromatic carbocycles. The average molecular weight is 321 g/mol. The van der Waals surface area contributed by atoms with Gasteiger partial charge in [-0.2, -0.15) is 0 Å². The van der Waals surface area contributed by atoms with Crippen molar-refractivity contribution in [2.75, 3.05) is 5.73 Å². The van der Waals surface area contributed by atoms with Gasteiger partial charge >= 0.3 is 0 Å². The van der Waals surface area contributed by atoms with Gasteiger partial charge in [-0.1, -0.05) is 47.5 Å². The molecule has 3 aromatic rings. The van der Waals surface area contributed by atoms with Crippen molar-refractivity contribution >= 4 is 40.2 Å². The average Bonchev–Trinajstić information content (AvgIpc) is 2.82. The van der Waals surface area contributed by atoms with Gasteiger partial charge in [0.15, 0.2) is 4.47 Å².